The highest BCUT2D eigenvalue weighted by atomic mass is 35.5. The first kappa shape index (κ1) is 19.7. The van der Waals surface area contributed by atoms with Crippen molar-refractivity contribution in [1.29, 1.82) is 0 Å². The van der Waals surface area contributed by atoms with Crippen molar-refractivity contribution in [3.05, 3.63) is 51.0 Å². The van der Waals surface area contributed by atoms with Crippen LogP contribution in [0.25, 0.3) is 10.9 Å². The third-order valence-corrected chi connectivity index (χ3v) is 6.04. The van der Waals surface area contributed by atoms with Gasteiger partial charge in [0, 0.05) is 21.5 Å². The summed E-state index contributed by atoms with van der Waals surface area (Å²) >= 11 is 6.13. The van der Waals surface area contributed by atoms with Crippen molar-refractivity contribution in [3.63, 3.8) is 0 Å². The minimum atomic E-state index is -0.579. The molecule has 1 aliphatic heterocycles. The molecule has 1 saturated heterocycles. The van der Waals surface area contributed by atoms with Crippen LogP contribution in [0.1, 0.15) is 37.6 Å². The number of aromatic amines is 1. The molecule has 2 fully saturated rings. The lowest BCUT2D eigenvalue weighted by Gasteiger charge is -2.21. The zero-order chi connectivity index (χ0) is 21.8. The number of carbonyl (C=O) groups excluding carboxylic acids is 1. The molecule has 10 heteroatoms. The lowest BCUT2D eigenvalue weighted by molar-refractivity contribution is 0.178. The molecule has 5 rings (SSSR count). The largest absolute Gasteiger partial charge is 0.447 e. The van der Waals surface area contributed by atoms with Crippen molar-refractivity contribution in [2.45, 2.75) is 44.7 Å². The summed E-state index contributed by atoms with van der Waals surface area (Å²) in [7, 11) is 0. The van der Waals surface area contributed by atoms with Gasteiger partial charge in [-0.05, 0) is 50.5 Å². The Morgan fingerprint density at radius 2 is 2.06 bits per heavy atom. The number of fused-ring (bicyclic) bond motifs is 1. The number of H-pyrrole nitrogens is 1. The molecule has 3 aromatic rings. The summed E-state index contributed by atoms with van der Waals surface area (Å²) in [5.74, 6) is 1.04. The van der Waals surface area contributed by atoms with Gasteiger partial charge in [-0.3, -0.25) is 4.79 Å². The molecule has 31 heavy (non-hydrogen) atoms. The fourth-order valence-corrected chi connectivity index (χ4v) is 4.15. The normalized spacial score (nSPS) is 19.5. The number of ether oxygens (including phenoxy) is 1. The fraction of sp³-hybridized carbons (Fsp3) is 0.381. The minimum Gasteiger partial charge on any atom is -0.447 e. The molecule has 3 heterocycles. The van der Waals surface area contributed by atoms with E-state index in [2.05, 4.69) is 25.3 Å². The van der Waals surface area contributed by atoms with Crippen LogP contribution in [0.4, 0.5) is 16.7 Å². The molecular weight excluding hydrogens is 420 g/mol. The molecule has 0 radical (unpaired) electrons. The maximum Gasteiger partial charge on any atom is 0.417 e. The van der Waals surface area contributed by atoms with Crippen LogP contribution in [0.3, 0.4) is 0 Å². The first-order chi connectivity index (χ1) is 14.9. The van der Waals surface area contributed by atoms with Crippen molar-refractivity contribution in [2.24, 2.45) is 0 Å². The highest BCUT2D eigenvalue weighted by molar-refractivity contribution is 6.31. The van der Waals surface area contributed by atoms with E-state index in [4.69, 9.17) is 16.3 Å². The minimum absolute atomic E-state index is 0.120. The van der Waals surface area contributed by atoms with Crippen LogP contribution in [0.15, 0.2) is 29.1 Å². The summed E-state index contributed by atoms with van der Waals surface area (Å²) in [6.45, 7) is 4.02. The molecule has 1 amide bonds. The SMILES string of the molecule is CC[C@H]1COC(=O)N1c1nc(C)nc(NC2(c3cc4cc(Cl)ccc4[nH]c3=O)CC2)n1. The average molecular weight is 441 g/mol. The third-order valence-electron chi connectivity index (χ3n) is 5.81. The van der Waals surface area contributed by atoms with Gasteiger partial charge in [0.25, 0.3) is 5.56 Å². The van der Waals surface area contributed by atoms with Crippen molar-refractivity contribution < 1.29 is 9.53 Å². The molecule has 1 aliphatic carbocycles. The third kappa shape index (κ3) is 3.48. The molecule has 2 aromatic heterocycles. The van der Waals surface area contributed by atoms with Gasteiger partial charge in [-0.1, -0.05) is 18.5 Å². The van der Waals surface area contributed by atoms with Crippen LogP contribution < -0.4 is 15.8 Å². The number of nitrogens with zero attached hydrogens (tertiary/aromatic N) is 4. The van der Waals surface area contributed by atoms with Crippen LogP contribution in [0.2, 0.25) is 5.02 Å². The van der Waals surface area contributed by atoms with Crippen LogP contribution in [-0.2, 0) is 10.3 Å². The number of aromatic nitrogens is 4. The van der Waals surface area contributed by atoms with Gasteiger partial charge < -0.3 is 15.0 Å². The first-order valence-electron chi connectivity index (χ1n) is 10.2. The zero-order valence-electron chi connectivity index (χ0n) is 17.1. The van der Waals surface area contributed by atoms with E-state index in [0.29, 0.717) is 29.0 Å². The number of aryl methyl sites for hydroxylation is 1. The molecule has 0 spiro atoms. The number of hydrogen-bond donors (Lipinski definition) is 2. The molecule has 2 aliphatic rings. The van der Waals surface area contributed by atoms with Gasteiger partial charge in [-0.25, -0.2) is 9.69 Å². The van der Waals surface area contributed by atoms with E-state index >= 15 is 0 Å². The summed E-state index contributed by atoms with van der Waals surface area (Å²) in [5, 5.41) is 4.78. The Bertz CT molecular complexity index is 1260. The zero-order valence-corrected chi connectivity index (χ0v) is 17.9. The second kappa shape index (κ2) is 7.19. The van der Waals surface area contributed by atoms with Crippen LogP contribution in [0, 0.1) is 6.92 Å². The van der Waals surface area contributed by atoms with E-state index in [1.807, 2.05) is 19.1 Å². The van der Waals surface area contributed by atoms with E-state index in [1.165, 1.54) is 4.90 Å². The fourth-order valence-electron chi connectivity index (χ4n) is 3.97. The van der Waals surface area contributed by atoms with E-state index in [1.54, 1.807) is 19.1 Å². The average Bonchev–Trinajstić information content (AvgIpc) is 3.40. The number of halogens is 1. The van der Waals surface area contributed by atoms with Crippen molar-refractivity contribution in [2.75, 3.05) is 16.8 Å². The second-order valence-corrected chi connectivity index (χ2v) is 8.40. The number of carbonyl (C=O) groups is 1. The van der Waals surface area contributed by atoms with Gasteiger partial charge in [-0.2, -0.15) is 15.0 Å². The molecule has 0 bridgehead atoms. The number of benzene rings is 1. The number of nitrogens with one attached hydrogen (secondary N) is 2. The Morgan fingerprint density at radius 3 is 2.81 bits per heavy atom. The summed E-state index contributed by atoms with van der Waals surface area (Å²) in [5.41, 5.74) is 0.587. The topological polar surface area (TPSA) is 113 Å². The van der Waals surface area contributed by atoms with Gasteiger partial charge in [0.1, 0.15) is 12.4 Å². The van der Waals surface area contributed by atoms with Gasteiger partial charge >= 0.3 is 6.09 Å². The van der Waals surface area contributed by atoms with Gasteiger partial charge in [0.15, 0.2) is 0 Å². The number of pyridine rings is 1. The summed E-state index contributed by atoms with van der Waals surface area (Å²) in [4.78, 5) is 42.6. The number of cyclic esters (lactones) is 1. The lowest BCUT2D eigenvalue weighted by Crippen LogP contribution is -2.35. The van der Waals surface area contributed by atoms with E-state index in [-0.39, 0.29) is 17.5 Å². The predicted molar refractivity (Wildman–Crippen MR) is 117 cm³/mol. The summed E-state index contributed by atoms with van der Waals surface area (Å²) in [6, 6.07) is 7.09. The highest BCUT2D eigenvalue weighted by Gasteiger charge is 2.47. The number of amides is 1. The molecule has 1 atom stereocenters. The molecule has 160 valence electrons. The van der Waals surface area contributed by atoms with Crippen LogP contribution >= 0.6 is 11.6 Å². The maximum absolute atomic E-state index is 12.8. The van der Waals surface area contributed by atoms with E-state index in [9.17, 15) is 9.59 Å². The lowest BCUT2D eigenvalue weighted by atomic mass is 10.0. The Morgan fingerprint density at radius 1 is 1.26 bits per heavy atom. The Labute approximate surface area is 182 Å². The summed E-state index contributed by atoms with van der Waals surface area (Å²) < 4.78 is 5.16. The smallest absolute Gasteiger partial charge is 0.417 e. The predicted octanol–water partition coefficient (Wildman–Crippen LogP) is 3.51. The van der Waals surface area contributed by atoms with Gasteiger partial charge in [0.2, 0.25) is 11.9 Å². The highest BCUT2D eigenvalue weighted by Crippen LogP contribution is 2.47. The molecule has 2 N–H and O–H groups in total. The number of rotatable bonds is 5. The van der Waals surface area contributed by atoms with E-state index in [0.717, 1.165) is 30.2 Å². The Balaban J connectivity index is 1.51. The Kier molecular flexibility index (Phi) is 4.58. The van der Waals surface area contributed by atoms with Crippen molar-refractivity contribution >= 4 is 40.5 Å². The van der Waals surface area contributed by atoms with E-state index < -0.39 is 11.6 Å². The molecular formula is C21H21ClN6O3. The quantitative estimate of drug-likeness (QED) is 0.624. The molecule has 1 aromatic carbocycles. The second-order valence-electron chi connectivity index (χ2n) is 7.97. The monoisotopic (exact) mass is 440 g/mol. The molecule has 9 nitrogen and oxygen atoms in total. The molecule has 0 unspecified atom stereocenters. The van der Waals surface area contributed by atoms with Gasteiger partial charge in [0.05, 0.1) is 11.6 Å². The Hall–Kier alpha value is -3.20. The van der Waals surface area contributed by atoms with Crippen molar-refractivity contribution in [3.8, 4) is 0 Å². The maximum atomic E-state index is 12.8. The summed E-state index contributed by atoms with van der Waals surface area (Å²) in [6.07, 6.45) is 1.77. The first-order valence-corrected chi connectivity index (χ1v) is 10.6. The number of hydrogen-bond acceptors (Lipinski definition) is 7. The van der Waals surface area contributed by atoms with Crippen LogP contribution in [0.5, 0.6) is 0 Å². The van der Waals surface area contributed by atoms with Crippen molar-refractivity contribution in [1.82, 2.24) is 19.9 Å². The standard InChI is InChI=1S/C21H21ClN6O3/c1-3-14-10-31-20(30)28(14)19-24-11(2)23-18(26-19)27-21(6-7-21)15-9-12-8-13(22)4-5-16(12)25-17(15)29/h4-5,8-9,14H,3,6-7,10H2,1-2H3,(H,25,29)(H,23,24,26,27)/t14-/m0/s1. The van der Waals surface area contributed by atoms with Crippen LogP contribution in [-0.4, -0.2) is 38.7 Å². The van der Waals surface area contributed by atoms with Gasteiger partial charge in [-0.15, -0.1) is 0 Å². The number of anilines is 2. The molecule has 1 saturated carbocycles.